The van der Waals surface area contributed by atoms with Crippen LogP contribution in [0.15, 0.2) is 22.2 Å². The maximum absolute atomic E-state index is 4.36. The van der Waals surface area contributed by atoms with Crippen molar-refractivity contribution in [2.45, 2.75) is 13.5 Å². The molecule has 0 aromatic carbocycles. The molecule has 17 heavy (non-hydrogen) atoms. The number of nitrogens with zero attached hydrogens (tertiary/aromatic N) is 3. The summed E-state index contributed by atoms with van der Waals surface area (Å²) in [4.78, 5) is 12.7. The molecule has 0 fully saturated rings. The summed E-state index contributed by atoms with van der Waals surface area (Å²) < 4.78 is 0.843. The topological polar surface area (TPSA) is 62.7 Å². The third-order valence-corrected chi connectivity index (χ3v) is 3.33. The summed E-state index contributed by atoms with van der Waals surface area (Å²) in [6, 6.07) is 0. The van der Waals surface area contributed by atoms with Gasteiger partial charge in [0.2, 0.25) is 5.95 Å². The first-order chi connectivity index (χ1) is 8.29. The number of anilines is 2. The lowest BCUT2D eigenvalue weighted by Crippen LogP contribution is -2.06. The van der Waals surface area contributed by atoms with Crippen LogP contribution in [0.5, 0.6) is 0 Å². The van der Waals surface area contributed by atoms with Crippen molar-refractivity contribution in [3.8, 4) is 0 Å². The van der Waals surface area contributed by atoms with E-state index in [0.29, 0.717) is 12.5 Å². The number of halogens is 1. The van der Waals surface area contributed by atoms with Crippen LogP contribution in [-0.2, 0) is 6.54 Å². The molecule has 0 aliphatic heterocycles. The number of thiazole rings is 1. The number of hydrogen-bond acceptors (Lipinski definition) is 6. The predicted octanol–water partition coefficient (Wildman–Crippen LogP) is 2.74. The third-order valence-electron chi connectivity index (χ3n) is 1.97. The minimum absolute atomic E-state index is 0.623. The van der Waals surface area contributed by atoms with Crippen LogP contribution in [-0.4, -0.2) is 21.5 Å². The molecule has 0 saturated carbocycles. The van der Waals surface area contributed by atoms with Gasteiger partial charge in [-0.05, 0) is 22.9 Å². The number of aromatic nitrogens is 3. The Kier molecular flexibility index (Phi) is 4.27. The van der Waals surface area contributed by atoms with Crippen molar-refractivity contribution in [1.82, 2.24) is 15.0 Å². The zero-order valence-electron chi connectivity index (χ0n) is 9.27. The highest BCUT2D eigenvalue weighted by Gasteiger charge is 2.04. The van der Waals surface area contributed by atoms with E-state index in [1.807, 2.05) is 12.3 Å². The van der Waals surface area contributed by atoms with Gasteiger partial charge in [0.05, 0.1) is 11.0 Å². The molecule has 0 amide bonds. The van der Waals surface area contributed by atoms with Gasteiger partial charge in [0, 0.05) is 24.3 Å². The highest BCUT2D eigenvalue weighted by Crippen LogP contribution is 2.21. The Morgan fingerprint density at radius 2 is 2.24 bits per heavy atom. The van der Waals surface area contributed by atoms with Gasteiger partial charge in [-0.25, -0.2) is 9.97 Å². The molecule has 0 radical (unpaired) electrons. The van der Waals surface area contributed by atoms with Crippen LogP contribution in [0.1, 0.15) is 11.9 Å². The maximum Gasteiger partial charge on any atom is 0.224 e. The normalized spacial score (nSPS) is 10.2. The fraction of sp³-hybridized carbons (Fsp3) is 0.300. The van der Waals surface area contributed by atoms with Gasteiger partial charge in [-0.3, -0.25) is 0 Å². The van der Waals surface area contributed by atoms with Crippen LogP contribution in [0, 0.1) is 0 Å². The molecule has 5 nitrogen and oxygen atoms in total. The molecule has 2 aromatic rings. The van der Waals surface area contributed by atoms with Gasteiger partial charge in [0.25, 0.3) is 0 Å². The molecule has 0 spiro atoms. The molecule has 7 heteroatoms. The second-order valence-electron chi connectivity index (χ2n) is 3.20. The van der Waals surface area contributed by atoms with Gasteiger partial charge in [0.15, 0.2) is 0 Å². The van der Waals surface area contributed by atoms with Crippen LogP contribution >= 0.6 is 27.3 Å². The Labute approximate surface area is 112 Å². The van der Waals surface area contributed by atoms with Gasteiger partial charge in [0.1, 0.15) is 10.8 Å². The average molecular weight is 314 g/mol. The van der Waals surface area contributed by atoms with E-state index >= 15 is 0 Å². The predicted molar refractivity (Wildman–Crippen MR) is 73.3 cm³/mol. The third kappa shape index (κ3) is 3.37. The van der Waals surface area contributed by atoms with Gasteiger partial charge in [-0.15, -0.1) is 11.3 Å². The van der Waals surface area contributed by atoms with Gasteiger partial charge >= 0.3 is 0 Å². The van der Waals surface area contributed by atoms with Crippen molar-refractivity contribution >= 4 is 39.0 Å². The van der Waals surface area contributed by atoms with Crippen LogP contribution in [0.25, 0.3) is 0 Å². The first kappa shape index (κ1) is 12.3. The van der Waals surface area contributed by atoms with E-state index in [0.717, 1.165) is 21.8 Å². The second-order valence-corrected chi connectivity index (χ2v) is 5.03. The summed E-state index contributed by atoms with van der Waals surface area (Å²) in [5, 5.41) is 9.28. The SMILES string of the molecule is CCNc1ncc(Br)c(NCc2nccs2)n1. The molecule has 0 atom stereocenters. The molecule has 0 aliphatic rings. The van der Waals surface area contributed by atoms with Crippen molar-refractivity contribution in [1.29, 1.82) is 0 Å². The quantitative estimate of drug-likeness (QED) is 0.888. The van der Waals surface area contributed by atoms with Gasteiger partial charge in [-0.1, -0.05) is 0 Å². The summed E-state index contributed by atoms with van der Waals surface area (Å²) in [5.41, 5.74) is 0. The smallest absolute Gasteiger partial charge is 0.224 e. The Bertz CT molecular complexity index is 474. The minimum atomic E-state index is 0.623. The van der Waals surface area contributed by atoms with Crippen molar-refractivity contribution in [3.63, 3.8) is 0 Å². The van der Waals surface area contributed by atoms with E-state index in [1.54, 1.807) is 23.7 Å². The Morgan fingerprint density at radius 3 is 2.94 bits per heavy atom. The lowest BCUT2D eigenvalue weighted by Gasteiger charge is -2.08. The lowest BCUT2D eigenvalue weighted by atomic mass is 10.5. The lowest BCUT2D eigenvalue weighted by molar-refractivity contribution is 1.03. The Hall–Kier alpha value is -1.21. The van der Waals surface area contributed by atoms with Crippen LogP contribution in [0.2, 0.25) is 0 Å². The summed E-state index contributed by atoms with van der Waals surface area (Å²) in [7, 11) is 0. The van der Waals surface area contributed by atoms with E-state index in [1.165, 1.54) is 0 Å². The number of hydrogen-bond donors (Lipinski definition) is 2. The summed E-state index contributed by atoms with van der Waals surface area (Å²) in [5.74, 6) is 1.39. The molecule has 2 aromatic heterocycles. The molecule has 0 unspecified atom stereocenters. The first-order valence-electron chi connectivity index (χ1n) is 5.18. The molecule has 2 heterocycles. The van der Waals surface area contributed by atoms with Gasteiger partial charge < -0.3 is 10.6 Å². The number of rotatable bonds is 5. The molecule has 0 bridgehead atoms. The summed E-state index contributed by atoms with van der Waals surface area (Å²) >= 11 is 5.03. The fourth-order valence-electron chi connectivity index (χ4n) is 1.23. The van der Waals surface area contributed by atoms with E-state index in [9.17, 15) is 0 Å². The molecule has 0 aliphatic carbocycles. The van der Waals surface area contributed by atoms with E-state index < -0.39 is 0 Å². The van der Waals surface area contributed by atoms with E-state index in [4.69, 9.17) is 0 Å². The van der Waals surface area contributed by atoms with Crippen molar-refractivity contribution in [2.24, 2.45) is 0 Å². The minimum Gasteiger partial charge on any atom is -0.362 e. The van der Waals surface area contributed by atoms with Crippen molar-refractivity contribution in [3.05, 3.63) is 27.3 Å². The molecule has 2 N–H and O–H groups in total. The monoisotopic (exact) mass is 313 g/mol. The second kappa shape index (κ2) is 5.92. The highest BCUT2D eigenvalue weighted by atomic mass is 79.9. The largest absolute Gasteiger partial charge is 0.362 e. The standard InChI is InChI=1S/C10H12BrN5S/c1-2-12-10-15-5-7(11)9(16-10)14-6-8-13-3-4-17-8/h3-5H,2,6H2,1H3,(H2,12,14,15,16). The Morgan fingerprint density at radius 1 is 1.35 bits per heavy atom. The molecular formula is C10H12BrN5S. The van der Waals surface area contributed by atoms with Crippen LogP contribution in [0.4, 0.5) is 11.8 Å². The molecule has 0 saturated heterocycles. The zero-order valence-corrected chi connectivity index (χ0v) is 11.7. The Balaban J connectivity index is 2.06. The fourth-order valence-corrected chi connectivity index (χ4v) is 2.12. The number of nitrogens with one attached hydrogen (secondary N) is 2. The molecule has 2 rings (SSSR count). The zero-order chi connectivity index (χ0) is 12.1. The average Bonchev–Trinajstić information content (AvgIpc) is 2.83. The van der Waals surface area contributed by atoms with Crippen molar-refractivity contribution < 1.29 is 0 Å². The first-order valence-corrected chi connectivity index (χ1v) is 6.85. The summed E-state index contributed by atoms with van der Waals surface area (Å²) in [6.07, 6.45) is 3.52. The van der Waals surface area contributed by atoms with E-state index in [2.05, 4.69) is 41.5 Å². The van der Waals surface area contributed by atoms with Crippen molar-refractivity contribution in [2.75, 3.05) is 17.2 Å². The molecule has 90 valence electrons. The van der Waals surface area contributed by atoms with Crippen LogP contribution < -0.4 is 10.6 Å². The van der Waals surface area contributed by atoms with Crippen LogP contribution in [0.3, 0.4) is 0 Å². The maximum atomic E-state index is 4.36. The van der Waals surface area contributed by atoms with Gasteiger partial charge in [-0.2, -0.15) is 4.98 Å². The summed E-state index contributed by atoms with van der Waals surface area (Å²) in [6.45, 7) is 3.47. The van der Waals surface area contributed by atoms with E-state index in [-0.39, 0.29) is 0 Å². The molecular weight excluding hydrogens is 302 g/mol. The highest BCUT2D eigenvalue weighted by molar-refractivity contribution is 9.10.